The Bertz CT molecular complexity index is 788. The Balaban J connectivity index is 1.52. The molecule has 2 aromatic rings. The third-order valence-corrected chi connectivity index (χ3v) is 4.13. The summed E-state index contributed by atoms with van der Waals surface area (Å²) in [5, 5.41) is 2.73. The van der Waals surface area contributed by atoms with Crippen LogP contribution in [0, 0.1) is 5.92 Å². The summed E-state index contributed by atoms with van der Waals surface area (Å²) in [7, 11) is 0. The number of amides is 2. The number of ether oxygens (including phenoxy) is 1. The van der Waals surface area contributed by atoms with Gasteiger partial charge in [-0.15, -0.1) is 13.2 Å². The second-order valence-electron chi connectivity index (χ2n) is 6.16. The van der Waals surface area contributed by atoms with Gasteiger partial charge in [0.1, 0.15) is 11.5 Å². The van der Waals surface area contributed by atoms with Gasteiger partial charge in [0, 0.05) is 19.5 Å². The minimum Gasteiger partial charge on any atom is -0.467 e. The maximum Gasteiger partial charge on any atom is 0.573 e. The highest BCUT2D eigenvalue weighted by Gasteiger charge is 2.34. The molecule has 3 rings (SSSR count). The highest BCUT2D eigenvalue weighted by Crippen LogP contribution is 2.25. The molecule has 1 aromatic carbocycles. The lowest BCUT2D eigenvalue weighted by atomic mass is 10.1. The second-order valence-corrected chi connectivity index (χ2v) is 6.16. The van der Waals surface area contributed by atoms with Crippen LogP contribution >= 0.6 is 0 Å². The molecular formula is C18H17F3N2O4. The van der Waals surface area contributed by atoms with Crippen molar-refractivity contribution in [1.29, 1.82) is 0 Å². The van der Waals surface area contributed by atoms with Crippen LogP contribution in [0.2, 0.25) is 0 Å². The van der Waals surface area contributed by atoms with Gasteiger partial charge in [0.05, 0.1) is 18.7 Å². The highest BCUT2D eigenvalue weighted by atomic mass is 19.4. The predicted molar refractivity (Wildman–Crippen MR) is 87.2 cm³/mol. The predicted octanol–water partition coefficient (Wildman–Crippen LogP) is 2.84. The molecule has 0 spiro atoms. The minimum atomic E-state index is -4.75. The van der Waals surface area contributed by atoms with Gasteiger partial charge in [0.2, 0.25) is 11.8 Å². The normalized spacial score (nSPS) is 17.2. The first-order valence-corrected chi connectivity index (χ1v) is 8.23. The van der Waals surface area contributed by atoms with Crippen LogP contribution < -0.4 is 10.1 Å². The molecule has 9 heteroatoms. The summed E-state index contributed by atoms with van der Waals surface area (Å²) < 4.78 is 45.5. The van der Waals surface area contributed by atoms with Crippen LogP contribution in [-0.2, 0) is 22.7 Å². The van der Waals surface area contributed by atoms with Gasteiger partial charge in [-0.3, -0.25) is 9.59 Å². The van der Waals surface area contributed by atoms with Gasteiger partial charge in [0.15, 0.2) is 0 Å². The molecule has 144 valence electrons. The summed E-state index contributed by atoms with van der Waals surface area (Å²) in [6.45, 7) is 0.716. The molecule has 0 saturated carbocycles. The fraction of sp³-hybridized carbons (Fsp3) is 0.333. The van der Waals surface area contributed by atoms with Crippen LogP contribution in [0.5, 0.6) is 5.75 Å². The van der Waals surface area contributed by atoms with E-state index in [-0.39, 0.29) is 43.6 Å². The molecule has 1 unspecified atom stereocenters. The van der Waals surface area contributed by atoms with Crippen molar-refractivity contribution >= 4 is 11.8 Å². The van der Waals surface area contributed by atoms with Crippen LogP contribution in [0.4, 0.5) is 13.2 Å². The molecule has 1 aromatic heterocycles. The lowest BCUT2D eigenvalue weighted by molar-refractivity contribution is -0.274. The van der Waals surface area contributed by atoms with Crippen molar-refractivity contribution in [1.82, 2.24) is 10.2 Å². The van der Waals surface area contributed by atoms with Crippen molar-refractivity contribution in [2.24, 2.45) is 5.92 Å². The number of carbonyl (C=O) groups is 2. The van der Waals surface area contributed by atoms with Gasteiger partial charge in [0.25, 0.3) is 0 Å². The quantitative estimate of drug-likeness (QED) is 0.834. The first-order chi connectivity index (χ1) is 12.8. The number of furan rings is 1. The van der Waals surface area contributed by atoms with E-state index in [9.17, 15) is 22.8 Å². The van der Waals surface area contributed by atoms with Crippen molar-refractivity contribution in [2.45, 2.75) is 25.9 Å². The van der Waals surface area contributed by atoms with E-state index in [4.69, 9.17) is 4.42 Å². The molecule has 2 amide bonds. The summed E-state index contributed by atoms with van der Waals surface area (Å²) in [6, 6.07) is 8.75. The fourth-order valence-corrected chi connectivity index (χ4v) is 2.85. The van der Waals surface area contributed by atoms with Gasteiger partial charge >= 0.3 is 6.36 Å². The van der Waals surface area contributed by atoms with E-state index >= 15 is 0 Å². The van der Waals surface area contributed by atoms with Gasteiger partial charge in [-0.25, -0.2) is 0 Å². The third-order valence-electron chi connectivity index (χ3n) is 4.13. The molecule has 1 saturated heterocycles. The average molecular weight is 382 g/mol. The Hall–Kier alpha value is -2.97. The van der Waals surface area contributed by atoms with E-state index in [0.717, 1.165) is 0 Å². The van der Waals surface area contributed by atoms with E-state index in [0.29, 0.717) is 11.3 Å². The Morgan fingerprint density at radius 1 is 1.26 bits per heavy atom. The number of alkyl halides is 3. The first kappa shape index (κ1) is 18.8. The van der Waals surface area contributed by atoms with E-state index in [2.05, 4.69) is 10.1 Å². The highest BCUT2D eigenvalue weighted by molar-refractivity contribution is 5.89. The zero-order valence-electron chi connectivity index (χ0n) is 14.2. The van der Waals surface area contributed by atoms with Crippen LogP contribution in [0.25, 0.3) is 0 Å². The first-order valence-electron chi connectivity index (χ1n) is 8.23. The smallest absolute Gasteiger partial charge is 0.467 e. The topological polar surface area (TPSA) is 71.8 Å². The number of nitrogens with zero attached hydrogens (tertiary/aromatic N) is 1. The average Bonchev–Trinajstić information content (AvgIpc) is 3.23. The Kier molecular flexibility index (Phi) is 5.38. The molecule has 1 aliphatic heterocycles. The monoisotopic (exact) mass is 382 g/mol. The molecule has 6 nitrogen and oxygen atoms in total. The van der Waals surface area contributed by atoms with Crippen LogP contribution in [0.1, 0.15) is 17.7 Å². The summed E-state index contributed by atoms with van der Waals surface area (Å²) in [4.78, 5) is 25.9. The number of hydrogen-bond donors (Lipinski definition) is 1. The van der Waals surface area contributed by atoms with Crippen molar-refractivity contribution in [3.05, 3.63) is 54.0 Å². The molecule has 1 atom stereocenters. The lowest BCUT2D eigenvalue weighted by Gasteiger charge is -2.17. The maximum atomic E-state index is 12.2. The molecule has 1 fully saturated rings. The van der Waals surface area contributed by atoms with Crippen LogP contribution in [0.3, 0.4) is 0 Å². The second kappa shape index (κ2) is 7.73. The Labute approximate surface area is 152 Å². The molecule has 0 aliphatic carbocycles. The number of halogens is 3. The molecule has 2 heterocycles. The minimum absolute atomic E-state index is 0.0965. The number of likely N-dealkylation sites (tertiary alicyclic amines) is 1. The molecule has 0 bridgehead atoms. The molecule has 1 N–H and O–H groups in total. The zero-order chi connectivity index (χ0) is 19.4. The van der Waals surface area contributed by atoms with Gasteiger partial charge in [-0.05, 0) is 29.8 Å². The Morgan fingerprint density at radius 3 is 2.63 bits per heavy atom. The SMILES string of the molecule is O=C(NCc1ccco1)C1CC(=O)N(Cc2ccc(OC(F)(F)F)cc2)C1. The molecule has 1 aliphatic rings. The number of nitrogens with one attached hydrogen (secondary N) is 1. The van der Waals surface area contributed by atoms with Crippen molar-refractivity contribution in [2.75, 3.05) is 6.54 Å². The molecular weight excluding hydrogens is 365 g/mol. The standard InChI is InChI=1S/C18H17F3N2O4/c19-18(20,21)27-14-5-3-12(4-6-14)10-23-11-13(8-16(23)24)17(25)22-9-15-2-1-7-26-15/h1-7,13H,8-11H2,(H,22,25). The van der Waals surface area contributed by atoms with Crippen LogP contribution in [0.15, 0.2) is 47.1 Å². The Morgan fingerprint density at radius 2 is 2.00 bits per heavy atom. The zero-order valence-corrected chi connectivity index (χ0v) is 14.2. The molecule has 0 radical (unpaired) electrons. The number of hydrogen-bond acceptors (Lipinski definition) is 4. The fourth-order valence-electron chi connectivity index (χ4n) is 2.85. The van der Waals surface area contributed by atoms with Crippen molar-refractivity contribution < 1.29 is 31.9 Å². The number of rotatable bonds is 6. The number of carbonyl (C=O) groups excluding carboxylic acids is 2. The van der Waals surface area contributed by atoms with E-state index in [1.54, 1.807) is 12.1 Å². The van der Waals surface area contributed by atoms with Crippen LogP contribution in [-0.4, -0.2) is 29.6 Å². The van der Waals surface area contributed by atoms with Crippen molar-refractivity contribution in [3.8, 4) is 5.75 Å². The van der Waals surface area contributed by atoms with Gasteiger partial charge < -0.3 is 19.4 Å². The summed E-state index contributed by atoms with van der Waals surface area (Å²) in [5.41, 5.74) is 0.648. The van der Waals surface area contributed by atoms with E-state index in [1.807, 2.05) is 0 Å². The van der Waals surface area contributed by atoms with Crippen molar-refractivity contribution in [3.63, 3.8) is 0 Å². The van der Waals surface area contributed by atoms with E-state index < -0.39 is 12.3 Å². The summed E-state index contributed by atoms with van der Waals surface area (Å²) in [6.07, 6.45) is -3.14. The molecule has 27 heavy (non-hydrogen) atoms. The summed E-state index contributed by atoms with van der Waals surface area (Å²) >= 11 is 0. The maximum absolute atomic E-state index is 12.2. The largest absolute Gasteiger partial charge is 0.573 e. The summed E-state index contributed by atoms with van der Waals surface area (Å²) in [5.74, 6) is -0.597. The lowest BCUT2D eigenvalue weighted by Crippen LogP contribution is -2.32. The third kappa shape index (κ3) is 5.25. The van der Waals surface area contributed by atoms with E-state index in [1.165, 1.54) is 35.4 Å². The number of benzene rings is 1. The van der Waals surface area contributed by atoms with Gasteiger partial charge in [-0.1, -0.05) is 12.1 Å². The van der Waals surface area contributed by atoms with Gasteiger partial charge in [-0.2, -0.15) is 0 Å².